The number of hydrogen-bond acceptors (Lipinski definition) is 2. The standard InChI is InChI=1S/C17H20N2O/c1-12-7-13(2)9-14(8-12)11-19-16-6-4-3-5-15(16)10-17(18)20/h3-9,19H,10-11H2,1-2H3,(H2,18,20). The number of benzene rings is 2. The van der Waals surface area contributed by atoms with Crippen LogP contribution in [0.2, 0.25) is 0 Å². The molecule has 20 heavy (non-hydrogen) atoms. The lowest BCUT2D eigenvalue weighted by Crippen LogP contribution is -2.15. The molecule has 2 aromatic carbocycles. The predicted octanol–water partition coefficient (Wildman–Crippen LogP) is 2.94. The fraction of sp³-hybridized carbons (Fsp3) is 0.235. The van der Waals surface area contributed by atoms with Crippen LogP contribution in [0.3, 0.4) is 0 Å². The fourth-order valence-corrected chi connectivity index (χ4v) is 2.40. The van der Waals surface area contributed by atoms with Crippen molar-refractivity contribution in [2.24, 2.45) is 5.73 Å². The third-order valence-electron chi connectivity index (χ3n) is 3.15. The van der Waals surface area contributed by atoms with Gasteiger partial charge in [0, 0.05) is 12.2 Å². The highest BCUT2D eigenvalue weighted by Crippen LogP contribution is 2.17. The van der Waals surface area contributed by atoms with E-state index in [2.05, 4.69) is 37.4 Å². The van der Waals surface area contributed by atoms with Crippen molar-refractivity contribution in [1.29, 1.82) is 0 Å². The Morgan fingerprint density at radius 2 is 1.75 bits per heavy atom. The lowest BCUT2D eigenvalue weighted by atomic mass is 10.1. The Kier molecular flexibility index (Phi) is 4.41. The Bertz CT molecular complexity index is 600. The maximum absolute atomic E-state index is 11.1. The van der Waals surface area contributed by atoms with E-state index >= 15 is 0 Å². The molecule has 0 atom stereocenters. The van der Waals surface area contributed by atoms with Gasteiger partial charge in [-0.3, -0.25) is 4.79 Å². The predicted molar refractivity (Wildman–Crippen MR) is 82.6 cm³/mol. The molecule has 0 aliphatic heterocycles. The molecule has 0 saturated carbocycles. The summed E-state index contributed by atoms with van der Waals surface area (Å²) in [7, 11) is 0. The summed E-state index contributed by atoms with van der Waals surface area (Å²) < 4.78 is 0. The van der Waals surface area contributed by atoms with E-state index in [0.717, 1.165) is 17.8 Å². The maximum Gasteiger partial charge on any atom is 0.221 e. The van der Waals surface area contributed by atoms with Gasteiger partial charge in [-0.2, -0.15) is 0 Å². The topological polar surface area (TPSA) is 55.1 Å². The number of carbonyl (C=O) groups excluding carboxylic acids is 1. The molecular formula is C17H20N2O. The van der Waals surface area contributed by atoms with Crippen LogP contribution in [0.5, 0.6) is 0 Å². The number of nitrogens with two attached hydrogens (primary N) is 1. The van der Waals surface area contributed by atoms with Gasteiger partial charge in [-0.1, -0.05) is 47.5 Å². The molecule has 1 amide bonds. The molecule has 0 unspecified atom stereocenters. The van der Waals surface area contributed by atoms with E-state index in [0.29, 0.717) is 0 Å². The number of aryl methyl sites for hydroxylation is 2. The summed E-state index contributed by atoms with van der Waals surface area (Å²) in [5, 5.41) is 3.38. The largest absolute Gasteiger partial charge is 0.381 e. The number of nitrogens with one attached hydrogen (secondary N) is 1. The second-order valence-electron chi connectivity index (χ2n) is 5.15. The van der Waals surface area contributed by atoms with Gasteiger partial charge in [-0.05, 0) is 31.0 Å². The summed E-state index contributed by atoms with van der Waals surface area (Å²) in [5.74, 6) is -0.314. The van der Waals surface area contributed by atoms with E-state index < -0.39 is 0 Å². The first-order valence-electron chi connectivity index (χ1n) is 6.72. The Morgan fingerprint density at radius 3 is 2.40 bits per heavy atom. The van der Waals surface area contributed by atoms with Crippen LogP contribution < -0.4 is 11.1 Å². The van der Waals surface area contributed by atoms with E-state index in [-0.39, 0.29) is 12.3 Å². The van der Waals surface area contributed by atoms with Crippen molar-refractivity contribution in [3.8, 4) is 0 Å². The molecule has 0 aliphatic rings. The summed E-state index contributed by atoms with van der Waals surface area (Å²) in [6, 6.07) is 14.3. The highest BCUT2D eigenvalue weighted by Gasteiger charge is 2.05. The smallest absolute Gasteiger partial charge is 0.221 e. The lowest BCUT2D eigenvalue weighted by molar-refractivity contribution is -0.117. The molecule has 0 bridgehead atoms. The van der Waals surface area contributed by atoms with Crippen LogP contribution in [0.15, 0.2) is 42.5 Å². The van der Waals surface area contributed by atoms with Gasteiger partial charge < -0.3 is 11.1 Å². The number of amides is 1. The second-order valence-corrected chi connectivity index (χ2v) is 5.15. The average molecular weight is 268 g/mol. The maximum atomic E-state index is 11.1. The van der Waals surface area contributed by atoms with Crippen molar-refractivity contribution in [1.82, 2.24) is 0 Å². The van der Waals surface area contributed by atoms with Crippen LogP contribution in [-0.4, -0.2) is 5.91 Å². The highest BCUT2D eigenvalue weighted by atomic mass is 16.1. The van der Waals surface area contributed by atoms with E-state index in [9.17, 15) is 4.79 Å². The first-order valence-corrected chi connectivity index (χ1v) is 6.72. The fourth-order valence-electron chi connectivity index (χ4n) is 2.40. The Balaban J connectivity index is 2.12. The van der Waals surface area contributed by atoms with Crippen LogP contribution in [0.4, 0.5) is 5.69 Å². The minimum Gasteiger partial charge on any atom is -0.381 e. The first-order chi connectivity index (χ1) is 9.54. The van der Waals surface area contributed by atoms with E-state index in [1.165, 1.54) is 16.7 Å². The highest BCUT2D eigenvalue weighted by molar-refractivity contribution is 5.78. The summed E-state index contributed by atoms with van der Waals surface area (Å²) in [4.78, 5) is 11.1. The van der Waals surface area contributed by atoms with Gasteiger partial charge in [0.1, 0.15) is 0 Å². The van der Waals surface area contributed by atoms with Gasteiger partial charge >= 0.3 is 0 Å². The van der Waals surface area contributed by atoms with Gasteiger partial charge in [-0.15, -0.1) is 0 Å². The van der Waals surface area contributed by atoms with Gasteiger partial charge in [0.25, 0.3) is 0 Å². The minimum absolute atomic E-state index is 0.260. The first kappa shape index (κ1) is 14.1. The van der Waals surface area contributed by atoms with Crippen LogP contribution in [0, 0.1) is 13.8 Å². The summed E-state index contributed by atoms with van der Waals surface area (Å²) in [6.07, 6.45) is 0.260. The molecular weight excluding hydrogens is 248 g/mol. The van der Waals surface area contributed by atoms with Crippen molar-refractivity contribution in [2.75, 3.05) is 5.32 Å². The van der Waals surface area contributed by atoms with Crippen LogP contribution in [0.1, 0.15) is 22.3 Å². The van der Waals surface area contributed by atoms with Crippen molar-refractivity contribution in [3.63, 3.8) is 0 Å². The second kappa shape index (κ2) is 6.24. The number of anilines is 1. The number of rotatable bonds is 5. The molecule has 0 radical (unpaired) electrons. The molecule has 0 aliphatic carbocycles. The average Bonchev–Trinajstić information content (AvgIpc) is 2.36. The Hall–Kier alpha value is -2.29. The van der Waals surface area contributed by atoms with Gasteiger partial charge in [0.2, 0.25) is 5.91 Å². The monoisotopic (exact) mass is 268 g/mol. The van der Waals surface area contributed by atoms with Crippen LogP contribution in [0.25, 0.3) is 0 Å². The van der Waals surface area contributed by atoms with Gasteiger partial charge in [-0.25, -0.2) is 0 Å². The van der Waals surface area contributed by atoms with Crippen LogP contribution >= 0.6 is 0 Å². The van der Waals surface area contributed by atoms with Crippen molar-refractivity contribution >= 4 is 11.6 Å². The molecule has 2 rings (SSSR count). The molecule has 2 aromatic rings. The third kappa shape index (κ3) is 3.85. The van der Waals surface area contributed by atoms with Crippen molar-refractivity contribution < 1.29 is 4.79 Å². The molecule has 0 heterocycles. The molecule has 0 saturated heterocycles. The SMILES string of the molecule is Cc1cc(C)cc(CNc2ccccc2CC(N)=O)c1. The zero-order valence-corrected chi connectivity index (χ0v) is 11.9. The molecule has 104 valence electrons. The van der Waals surface area contributed by atoms with E-state index in [1.54, 1.807) is 0 Å². The number of carbonyl (C=O) groups is 1. The van der Waals surface area contributed by atoms with Crippen molar-refractivity contribution in [2.45, 2.75) is 26.8 Å². The normalized spacial score (nSPS) is 10.3. The third-order valence-corrected chi connectivity index (χ3v) is 3.15. The summed E-state index contributed by atoms with van der Waals surface area (Å²) >= 11 is 0. The van der Waals surface area contributed by atoms with E-state index in [4.69, 9.17) is 5.73 Å². The van der Waals surface area contributed by atoms with E-state index in [1.807, 2.05) is 24.3 Å². The Labute approximate surface area is 119 Å². The Morgan fingerprint density at radius 1 is 1.10 bits per heavy atom. The minimum atomic E-state index is -0.314. The zero-order chi connectivity index (χ0) is 14.5. The molecule has 3 nitrogen and oxygen atoms in total. The van der Waals surface area contributed by atoms with Crippen molar-refractivity contribution in [3.05, 3.63) is 64.7 Å². The summed E-state index contributed by atoms with van der Waals surface area (Å²) in [6.45, 7) is 4.92. The molecule has 0 fully saturated rings. The molecule has 3 heteroatoms. The van der Waals surface area contributed by atoms with Gasteiger partial charge in [0.05, 0.1) is 6.42 Å². The number of hydrogen-bond donors (Lipinski definition) is 2. The molecule has 0 spiro atoms. The lowest BCUT2D eigenvalue weighted by Gasteiger charge is -2.12. The molecule has 3 N–H and O–H groups in total. The number of para-hydroxylation sites is 1. The zero-order valence-electron chi connectivity index (χ0n) is 11.9. The van der Waals surface area contributed by atoms with Crippen LogP contribution in [-0.2, 0) is 17.8 Å². The van der Waals surface area contributed by atoms with Gasteiger partial charge in [0.15, 0.2) is 0 Å². The molecule has 0 aromatic heterocycles. The summed E-state index contributed by atoms with van der Waals surface area (Å²) in [5.41, 5.74) is 10.9. The quantitative estimate of drug-likeness (QED) is 0.876. The number of primary amides is 1.